The summed E-state index contributed by atoms with van der Waals surface area (Å²) in [6.07, 6.45) is 8.64. The van der Waals surface area contributed by atoms with Crippen molar-refractivity contribution in [3.63, 3.8) is 0 Å². The Morgan fingerprint density at radius 3 is 2.29 bits per heavy atom. The second-order valence-electron chi connectivity index (χ2n) is 6.92. The van der Waals surface area contributed by atoms with Crippen LogP contribution in [0.15, 0.2) is 0 Å². The Morgan fingerprint density at radius 2 is 1.76 bits per heavy atom. The molecule has 0 amide bonds. The smallest absolute Gasteiger partial charge is 0.0200 e. The van der Waals surface area contributed by atoms with Crippen molar-refractivity contribution in [2.24, 2.45) is 11.8 Å². The molecule has 0 spiro atoms. The van der Waals surface area contributed by atoms with Gasteiger partial charge < -0.3 is 5.32 Å². The molecule has 1 aliphatic heterocycles. The Balaban J connectivity index is 1.59. The molecule has 0 bridgehead atoms. The van der Waals surface area contributed by atoms with Crippen LogP contribution in [0.3, 0.4) is 0 Å². The van der Waals surface area contributed by atoms with Crippen molar-refractivity contribution in [1.82, 2.24) is 10.2 Å². The highest BCUT2D eigenvalue weighted by Crippen LogP contribution is 2.32. The maximum Gasteiger partial charge on any atom is 0.0200 e. The molecule has 1 saturated heterocycles. The summed E-state index contributed by atoms with van der Waals surface area (Å²) in [5, 5.41) is 3.87. The molecule has 2 atom stereocenters. The zero-order valence-corrected chi connectivity index (χ0v) is 11.5. The molecule has 0 radical (unpaired) electrons. The predicted octanol–water partition coefficient (Wildman–Crippen LogP) is 2.64. The largest absolute Gasteiger partial charge is 0.310 e. The highest BCUT2D eigenvalue weighted by Gasteiger charge is 2.36. The molecule has 3 fully saturated rings. The molecule has 3 aliphatic rings. The molecule has 3 rings (SSSR count). The van der Waals surface area contributed by atoms with Gasteiger partial charge in [0.2, 0.25) is 0 Å². The van der Waals surface area contributed by atoms with Crippen LogP contribution < -0.4 is 5.32 Å². The lowest BCUT2D eigenvalue weighted by molar-refractivity contribution is 0.0448. The maximum atomic E-state index is 3.87. The lowest BCUT2D eigenvalue weighted by Crippen LogP contribution is -2.55. The van der Waals surface area contributed by atoms with Gasteiger partial charge in [-0.3, -0.25) is 4.90 Å². The molecule has 17 heavy (non-hydrogen) atoms. The van der Waals surface area contributed by atoms with Crippen molar-refractivity contribution in [3.8, 4) is 0 Å². The lowest BCUT2D eigenvalue weighted by atomic mass is 9.82. The van der Waals surface area contributed by atoms with E-state index in [0.29, 0.717) is 0 Å². The standard InChI is InChI=1S/C15H28N2/c1-11(2)12-8-14(16-13-6-7-13)10-17(9-12)15-4-3-5-15/h11-16H,3-10H2,1-2H3. The monoisotopic (exact) mass is 236 g/mol. The van der Waals surface area contributed by atoms with E-state index in [9.17, 15) is 0 Å². The van der Waals surface area contributed by atoms with Crippen LogP contribution in [-0.4, -0.2) is 36.1 Å². The number of nitrogens with zero attached hydrogens (tertiary/aromatic N) is 1. The SMILES string of the molecule is CC(C)C1CC(NC2CC2)CN(C2CCC2)C1. The number of rotatable bonds is 4. The number of hydrogen-bond acceptors (Lipinski definition) is 2. The summed E-state index contributed by atoms with van der Waals surface area (Å²) in [4.78, 5) is 2.80. The molecule has 0 aromatic carbocycles. The molecule has 1 N–H and O–H groups in total. The Labute approximate surface area is 106 Å². The van der Waals surface area contributed by atoms with Crippen molar-refractivity contribution in [2.45, 2.75) is 70.5 Å². The first-order valence-corrected chi connectivity index (χ1v) is 7.72. The van der Waals surface area contributed by atoms with Gasteiger partial charge >= 0.3 is 0 Å². The average Bonchev–Trinajstić information content (AvgIpc) is 2.98. The van der Waals surface area contributed by atoms with Crippen molar-refractivity contribution in [2.75, 3.05) is 13.1 Å². The van der Waals surface area contributed by atoms with Gasteiger partial charge in [-0.1, -0.05) is 20.3 Å². The van der Waals surface area contributed by atoms with Gasteiger partial charge in [-0.15, -0.1) is 0 Å². The quantitative estimate of drug-likeness (QED) is 0.807. The van der Waals surface area contributed by atoms with E-state index in [0.717, 1.165) is 30.0 Å². The first-order valence-electron chi connectivity index (χ1n) is 7.72. The summed E-state index contributed by atoms with van der Waals surface area (Å²) in [6, 6.07) is 2.58. The zero-order chi connectivity index (χ0) is 11.8. The minimum atomic E-state index is 0.782. The third kappa shape index (κ3) is 2.85. The van der Waals surface area contributed by atoms with Gasteiger partial charge in [0, 0.05) is 31.2 Å². The fourth-order valence-corrected chi connectivity index (χ4v) is 3.41. The molecule has 2 saturated carbocycles. The molecule has 0 aromatic rings. The van der Waals surface area contributed by atoms with E-state index in [1.807, 2.05) is 0 Å². The van der Waals surface area contributed by atoms with Gasteiger partial charge in [0.05, 0.1) is 0 Å². The third-order valence-corrected chi connectivity index (χ3v) is 5.09. The topological polar surface area (TPSA) is 15.3 Å². The minimum absolute atomic E-state index is 0.782. The summed E-state index contributed by atoms with van der Waals surface area (Å²) in [5.74, 6) is 1.77. The number of likely N-dealkylation sites (tertiary alicyclic amines) is 1. The van der Waals surface area contributed by atoms with E-state index in [2.05, 4.69) is 24.1 Å². The predicted molar refractivity (Wildman–Crippen MR) is 72.1 cm³/mol. The Hall–Kier alpha value is -0.0800. The third-order valence-electron chi connectivity index (χ3n) is 5.09. The Bertz CT molecular complexity index is 256. The van der Waals surface area contributed by atoms with Crippen LogP contribution in [0.2, 0.25) is 0 Å². The molecule has 2 aliphatic carbocycles. The molecule has 0 aromatic heterocycles. The van der Waals surface area contributed by atoms with E-state index < -0.39 is 0 Å². The van der Waals surface area contributed by atoms with Crippen LogP contribution in [0.1, 0.15) is 52.4 Å². The summed E-state index contributed by atoms with van der Waals surface area (Å²) >= 11 is 0. The van der Waals surface area contributed by atoms with Crippen LogP contribution in [0.4, 0.5) is 0 Å². The van der Waals surface area contributed by atoms with E-state index in [1.54, 1.807) is 0 Å². The van der Waals surface area contributed by atoms with E-state index >= 15 is 0 Å². The lowest BCUT2D eigenvalue weighted by Gasteiger charge is -2.46. The summed E-state index contributed by atoms with van der Waals surface area (Å²) in [5.41, 5.74) is 0. The first-order chi connectivity index (χ1) is 8.22. The van der Waals surface area contributed by atoms with Crippen LogP contribution >= 0.6 is 0 Å². The molecule has 2 unspecified atom stereocenters. The molecule has 2 nitrogen and oxygen atoms in total. The van der Waals surface area contributed by atoms with Crippen molar-refractivity contribution >= 4 is 0 Å². The van der Waals surface area contributed by atoms with Crippen LogP contribution in [-0.2, 0) is 0 Å². The van der Waals surface area contributed by atoms with Crippen LogP contribution in [0, 0.1) is 11.8 Å². The Kier molecular flexibility index (Phi) is 3.45. The minimum Gasteiger partial charge on any atom is -0.310 e. The molecule has 98 valence electrons. The van der Waals surface area contributed by atoms with Gasteiger partial charge in [0.1, 0.15) is 0 Å². The summed E-state index contributed by atoms with van der Waals surface area (Å²) < 4.78 is 0. The zero-order valence-electron chi connectivity index (χ0n) is 11.5. The fraction of sp³-hybridized carbons (Fsp3) is 1.00. The number of hydrogen-bond donors (Lipinski definition) is 1. The highest BCUT2D eigenvalue weighted by atomic mass is 15.2. The van der Waals surface area contributed by atoms with E-state index in [4.69, 9.17) is 0 Å². The molecular formula is C15H28N2. The Morgan fingerprint density at radius 1 is 1.00 bits per heavy atom. The van der Waals surface area contributed by atoms with Gasteiger partial charge in [-0.2, -0.15) is 0 Å². The van der Waals surface area contributed by atoms with Crippen LogP contribution in [0.5, 0.6) is 0 Å². The van der Waals surface area contributed by atoms with Gasteiger partial charge in [0.15, 0.2) is 0 Å². The van der Waals surface area contributed by atoms with Crippen molar-refractivity contribution in [1.29, 1.82) is 0 Å². The second-order valence-corrected chi connectivity index (χ2v) is 6.92. The number of nitrogens with one attached hydrogen (secondary N) is 1. The van der Waals surface area contributed by atoms with Gasteiger partial charge in [-0.25, -0.2) is 0 Å². The van der Waals surface area contributed by atoms with Crippen molar-refractivity contribution < 1.29 is 0 Å². The van der Waals surface area contributed by atoms with Gasteiger partial charge in [-0.05, 0) is 43.9 Å². The normalized spacial score (nSPS) is 36.2. The highest BCUT2D eigenvalue weighted by molar-refractivity contribution is 4.94. The number of piperidine rings is 1. The van der Waals surface area contributed by atoms with Crippen molar-refractivity contribution in [3.05, 3.63) is 0 Å². The maximum absolute atomic E-state index is 3.87. The summed E-state index contributed by atoms with van der Waals surface area (Å²) in [7, 11) is 0. The van der Waals surface area contributed by atoms with Crippen LogP contribution in [0.25, 0.3) is 0 Å². The van der Waals surface area contributed by atoms with Gasteiger partial charge in [0.25, 0.3) is 0 Å². The molecular weight excluding hydrogens is 208 g/mol. The molecule has 2 heteroatoms. The molecule has 1 heterocycles. The summed E-state index contributed by atoms with van der Waals surface area (Å²) in [6.45, 7) is 7.50. The average molecular weight is 236 g/mol. The van der Waals surface area contributed by atoms with E-state index in [-0.39, 0.29) is 0 Å². The fourth-order valence-electron chi connectivity index (χ4n) is 3.41. The van der Waals surface area contributed by atoms with E-state index in [1.165, 1.54) is 51.6 Å². The first kappa shape index (κ1) is 12.0. The second kappa shape index (κ2) is 4.89.